The fourth-order valence-corrected chi connectivity index (χ4v) is 3.17. The van der Waals surface area contributed by atoms with Crippen molar-refractivity contribution in [2.24, 2.45) is 5.73 Å². The maximum Gasteiger partial charge on any atom is 0.306 e. The average Bonchev–Trinajstić information content (AvgIpc) is 2.76. The number of rotatable bonds is 10. The molecule has 33 heavy (non-hydrogen) atoms. The number of hydrogen-bond donors (Lipinski definition) is 3. The van der Waals surface area contributed by atoms with Gasteiger partial charge in [0.25, 0.3) is 11.6 Å². The van der Waals surface area contributed by atoms with Gasteiger partial charge >= 0.3 is 5.97 Å². The lowest BCUT2D eigenvalue weighted by atomic mass is 9.87. The monoisotopic (exact) mass is 456 g/mol. The number of anilines is 1. The fraction of sp³-hybridized carbons (Fsp3) is 0.273. The lowest BCUT2D eigenvalue weighted by Gasteiger charge is -2.25. The number of nitro groups is 1. The van der Waals surface area contributed by atoms with E-state index < -0.39 is 34.7 Å². The molecule has 2 aromatic rings. The first kappa shape index (κ1) is 25.0. The van der Waals surface area contributed by atoms with E-state index in [0.29, 0.717) is 11.3 Å². The van der Waals surface area contributed by atoms with Crippen LogP contribution in [0.5, 0.6) is 0 Å². The maximum absolute atomic E-state index is 12.8. The fourth-order valence-electron chi connectivity index (χ4n) is 3.17. The van der Waals surface area contributed by atoms with Crippen molar-refractivity contribution in [1.29, 1.82) is 0 Å². The smallest absolute Gasteiger partial charge is 0.306 e. The van der Waals surface area contributed by atoms with E-state index in [2.05, 4.69) is 10.6 Å². The molecule has 0 radical (unpaired) electrons. The minimum absolute atomic E-state index is 0.111. The van der Waals surface area contributed by atoms with Gasteiger partial charge in [-0.2, -0.15) is 0 Å². The van der Waals surface area contributed by atoms with Gasteiger partial charge in [-0.25, -0.2) is 0 Å². The second-order valence-corrected chi connectivity index (χ2v) is 7.08. The Balaban J connectivity index is 2.32. The van der Waals surface area contributed by atoms with E-state index >= 15 is 0 Å². The van der Waals surface area contributed by atoms with Gasteiger partial charge in [0.05, 0.1) is 18.0 Å². The van der Waals surface area contributed by atoms with E-state index in [1.165, 1.54) is 55.5 Å². The van der Waals surface area contributed by atoms with Crippen molar-refractivity contribution in [3.8, 4) is 0 Å². The van der Waals surface area contributed by atoms with Crippen molar-refractivity contribution >= 4 is 35.1 Å². The van der Waals surface area contributed by atoms with Crippen LogP contribution in [0, 0.1) is 10.1 Å². The molecule has 0 heterocycles. The Labute approximate surface area is 189 Å². The summed E-state index contributed by atoms with van der Waals surface area (Å²) in [6, 6.07) is 9.87. The molecule has 0 spiro atoms. The number of nitrogens with one attached hydrogen (secondary N) is 2. The summed E-state index contributed by atoms with van der Waals surface area (Å²) < 4.78 is 4.97. The first-order chi connectivity index (χ1) is 15.6. The summed E-state index contributed by atoms with van der Waals surface area (Å²) in [5.74, 6) is -3.35. The van der Waals surface area contributed by atoms with Gasteiger partial charge < -0.3 is 21.1 Å². The highest BCUT2D eigenvalue weighted by Crippen LogP contribution is 2.27. The number of carbonyl (C=O) groups excluding carboxylic acids is 4. The van der Waals surface area contributed by atoms with Crippen LogP contribution in [0.4, 0.5) is 11.4 Å². The molecule has 2 rings (SSSR count). The summed E-state index contributed by atoms with van der Waals surface area (Å²) in [4.78, 5) is 58.7. The number of esters is 1. The van der Waals surface area contributed by atoms with Crippen LogP contribution in [0.3, 0.4) is 0 Å². The number of ether oxygens (including phenoxy) is 1. The number of carbonyl (C=O) groups is 4. The third kappa shape index (κ3) is 7.13. The molecule has 3 amide bonds. The third-order valence-corrected chi connectivity index (χ3v) is 4.69. The van der Waals surface area contributed by atoms with Gasteiger partial charge in [0.2, 0.25) is 11.8 Å². The van der Waals surface area contributed by atoms with Crippen molar-refractivity contribution in [3.63, 3.8) is 0 Å². The second kappa shape index (κ2) is 11.4. The molecule has 0 fully saturated rings. The molecular formula is C22H24N4O7. The Morgan fingerprint density at radius 2 is 1.67 bits per heavy atom. The SMILES string of the molecule is CCOC(=O)C[C@@H](c1ccc([N+](=O)[O-])cc1)[C@H](NC(=O)c1ccc(NC(C)=O)cc1)C(N)=O. The third-order valence-electron chi connectivity index (χ3n) is 4.69. The van der Waals surface area contributed by atoms with E-state index in [-0.39, 0.29) is 30.2 Å². The molecule has 11 nitrogen and oxygen atoms in total. The van der Waals surface area contributed by atoms with Gasteiger partial charge in [0, 0.05) is 36.2 Å². The molecule has 11 heteroatoms. The zero-order valence-corrected chi connectivity index (χ0v) is 18.1. The highest BCUT2D eigenvalue weighted by atomic mass is 16.6. The number of primary amides is 1. The summed E-state index contributed by atoms with van der Waals surface area (Å²) >= 11 is 0. The molecule has 4 N–H and O–H groups in total. The Kier molecular flexibility index (Phi) is 8.61. The highest BCUT2D eigenvalue weighted by Gasteiger charge is 2.32. The van der Waals surface area contributed by atoms with Crippen molar-refractivity contribution in [2.45, 2.75) is 32.2 Å². The minimum Gasteiger partial charge on any atom is -0.466 e. The quantitative estimate of drug-likeness (QED) is 0.278. The topological polar surface area (TPSA) is 171 Å². The van der Waals surface area contributed by atoms with Gasteiger partial charge in [-0.05, 0) is 36.8 Å². The maximum atomic E-state index is 12.8. The average molecular weight is 456 g/mol. The van der Waals surface area contributed by atoms with Crippen molar-refractivity contribution < 1.29 is 28.8 Å². The molecule has 2 atom stereocenters. The summed E-state index contributed by atoms with van der Waals surface area (Å²) in [5.41, 5.74) is 6.43. The molecule has 174 valence electrons. The van der Waals surface area contributed by atoms with Crippen LogP contribution in [0.25, 0.3) is 0 Å². The van der Waals surface area contributed by atoms with E-state index in [1.54, 1.807) is 6.92 Å². The number of nitrogens with two attached hydrogens (primary N) is 1. The second-order valence-electron chi connectivity index (χ2n) is 7.08. The molecule has 0 unspecified atom stereocenters. The summed E-state index contributed by atoms with van der Waals surface area (Å²) in [6.07, 6.45) is -0.291. The van der Waals surface area contributed by atoms with E-state index in [9.17, 15) is 29.3 Å². The van der Waals surface area contributed by atoms with Crippen LogP contribution < -0.4 is 16.4 Å². The Bertz CT molecular complexity index is 1040. The number of amides is 3. The molecule has 0 aliphatic heterocycles. The first-order valence-corrected chi connectivity index (χ1v) is 10.00. The first-order valence-electron chi connectivity index (χ1n) is 10.00. The lowest BCUT2D eigenvalue weighted by molar-refractivity contribution is -0.384. The van der Waals surface area contributed by atoms with Crippen LogP contribution in [0.2, 0.25) is 0 Å². The molecule has 0 saturated carbocycles. The van der Waals surface area contributed by atoms with E-state index in [1.807, 2.05) is 0 Å². The van der Waals surface area contributed by atoms with Crippen molar-refractivity contribution in [2.75, 3.05) is 11.9 Å². The number of nitrogens with zero attached hydrogens (tertiary/aromatic N) is 1. The molecule has 2 aromatic carbocycles. The predicted molar refractivity (Wildman–Crippen MR) is 118 cm³/mol. The molecule has 0 aliphatic carbocycles. The van der Waals surface area contributed by atoms with Crippen LogP contribution >= 0.6 is 0 Å². The summed E-state index contributed by atoms with van der Waals surface area (Å²) in [7, 11) is 0. The number of hydrogen-bond acceptors (Lipinski definition) is 7. The zero-order valence-electron chi connectivity index (χ0n) is 18.1. The molecule has 0 aliphatic rings. The van der Waals surface area contributed by atoms with Gasteiger partial charge in [-0.3, -0.25) is 29.3 Å². The number of non-ortho nitro benzene ring substituents is 1. The summed E-state index contributed by atoms with van der Waals surface area (Å²) in [5, 5.41) is 16.1. The summed E-state index contributed by atoms with van der Waals surface area (Å²) in [6.45, 7) is 3.08. The molecule has 0 aromatic heterocycles. The van der Waals surface area contributed by atoms with Crippen molar-refractivity contribution in [1.82, 2.24) is 5.32 Å². The molecule has 0 bridgehead atoms. The molecular weight excluding hydrogens is 432 g/mol. The standard InChI is InChI=1S/C22H24N4O7/c1-3-33-19(28)12-18(14-6-10-17(11-7-14)26(31)32)20(21(23)29)25-22(30)15-4-8-16(9-5-15)24-13(2)27/h4-11,18,20H,3,12H2,1-2H3,(H2,23,29)(H,24,27)(H,25,30)/t18-,20-/m0/s1. The number of benzene rings is 2. The Morgan fingerprint density at radius 3 is 2.15 bits per heavy atom. The van der Waals surface area contributed by atoms with Gasteiger partial charge in [0.1, 0.15) is 6.04 Å². The number of nitro benzene ring substituents is 1. The van der Waals surface area contributed by atoms with Crippen LogP contribution in [-0.4, -0.2) is 41.3 Å². The highest BCUT2D eigenvalue weighted by molar-refractivity contribution is 5.98. The largest absolute Gasteiger partial charge is 0.466 e. The van der Waals surface area contributed by atoms with Gasteiger partial charge in [-0.15, -0.1) is 0 Å². The predicted octanol–water partition coefficient (Wildman–Crippen LogP) is 1.87. The normalized spacial score (nSPS) is 12.2. The van der Waals surface area contributed by atoms with Crippen LogP contribution in [0.15, 0.2) is 48.5 Å². The van der Waals surface area contributed by atoms with Crippen molar-refractivity contribution in [3.05, 3.63) is 69.8 Å². The van der Waals surface area contributed by atoms with E-state index in [4.69, 9.17) is 10.5 Å². The van der Waals surface area contributed by atoms with Crippen LogP contribution in [0.1, 0.15) is 42.1 Å². The van der Waals surface area contributed by atoms with Crippen LogP contribution in [-0.2, 0) is 19.1 Å². The lowest BCUT2D eigenvalue weighted by Crippen LogP contribution is -2.48. The Hall–Kier alpha value is -4.28. The molecule has 0 saturated heterocycles. The zero-order chi connectivity index (χ0) is 24.5. The van der Waals surface area contributed by atoms with E-state index in [0.717, 1.165) is 0 Å². The minimum atomic E-state index is -1.31. The van der Waals surface area contributed by atoms with Gasteiger partial charge in [-0.1, -0.05) is 12.1 Å². The Morgan fingerprint density at radius 1 is 1.06 bits per heavy atom. The van der Waals surface area contributed by atoms with Gasteiger partial charge in [0.15, 0.2) is 0 Å².